The summed E-state index contributed by atoms with van der Waals surface area (Å²) in [7, 11) is 1.98. The van der Waals surface area contributed by atoms with Gasteiger partial charge in [0.25, 0.3) is 0 Å². The van der Waals surface area contributed by atoms with Crippen molar-refractivity contribution in [1.82, 2.24) is 4.90 Å². The van der Waals surface area contributed by atoms with E-state index in [0.29, 0.717) is 18.2 Å². The fraction of sp³-hybridized carbons (Fsp3) is 0.533. The molecule has 2 rings (SSSR count). The molecule has 0 amide bonds. The Hall–Kier alpha value is -1.39. The third kappa shape index (κ3) is 2.96. The number of likely N-dealkylation sites (N-methyl/N-ethyl adjacent to an activating group) is 1. The van der Waals surface area contributed by atoms with Crippen molar-refractivity contribution in [3.8, 4) is 0 Å². The largest absolute Gasteiger partial charge is 0.480 e. The zero-order valence-electron chi connectivity index (χ0n) is 11.4. The molecule has 1 fully saturated rings. The van der Waals surface area contributed by atoms with E-state index >= 15 is 0 Å². The third-order valence-corrected chi connectivity index (χ3v) is 4.12. The van der Waals surface area contributed by atoms with Gasteiger partial charge in [0.1, 0.15) is 0 Å². The molecule has 1 aromatic carbocycles. The first-order valence-electron chi connectivity index (χ1n) is 6.82. The fourth-order valence-corrected chi connectivity index (χ4v) is 2.89. The number of carboxylic acid groups (broad SMARTS) is 1. The van der Waals surface area contributed by atoms with Gasteiger partial charge in [0.05, 0.1) is 0 Å². The van der Waals surface area contributed by atoms with E-state index in [4.69, 9.17) is 5.73 Å². The van der Waals surface area contributed by atoms with Gasteiger partial charge in [0, 0.05) is 12.6 Å². The molecule has 4 nitrogen and oxygen atoms in total. The molecule has 19 heavy (non-hydrogen) atoms. The summed E-state index contributed by atoms with van der Waals surface area (Å²) in [5.41, 5.74) is 5.51. The summed E-state index contributed by atoms with van der Waals surface area (Å²) >= 11 is 0. The zero-order chi connectivity index (χ0) is 13.9. The monoisotopic (exact) mass is 262 g/mol. The molecule has 104 valence electrons. The van der Waals surface area contributed by atoms with Crippen LogP contribution in [0.4, 0.5) is 0 Å². The minimum atomic E-state index is -1.33. The summed E-state index contributed by atoms with van der Waals surface area (Å²) < 4.78 is 0. The van der Waals surface area contributed by atoms with E-state index in [1.807, 2.05) is 25.2 Å². The van der Waals surface area contributed by atoms with Gasteiger partial charge in [-0.1, -0.05) is 43.2 Å². The van der Waals surface area contributed by atoms with Crippen LogP contribution in [0.15, 0.2) is 30.3 Å². The second kappa shape index (κ2) is 5.72. The Morgan fingerprint density at radius 1 is 1.37 bits per heavy atom. The van der Waals surface area contributed by atoms with E-state index < -0.39 is 11.5 Å². The molecule has 3 N–H and O–H groups in total. The second-order valence-electron chi connectivity index (χ2n) is 5.50. The molecule has 1 aliphatic rings. The van der Waals surface area contributed by atoms with E-state index in [1.165, 1.54) is 12.8 Å². The minimum Gasteiger partial charge on any atom is -0.480 e. The zero-order valence-corrected chi connectivity index (χ0v) is 11.4. The summed E-state index contributed by atoms with van der Waals surface area (Å²) in [5, 5.41) is 9.53. The van der Waals surface area contributed by atoms with Gasteiger partial charge >= 0.3 is 5.97 Å². The first kappa shape index (κ1) is 14.0. The summed E-state index contributed by atoms with van der Waals surface area (Å²) in [5.74, 6) is -0.969. The van der Waals surface area contributed by atoms with E-state index in [9.17, 15) is 9.90 Å². The number of nitrogens with zero attached hydrogens (tertiary/aromatic N) is 1. The SMILES string of the molecule is CN(CC(N)(C(=O)O)c1ccccc1)C1CCCC1. The van der Waals surface area contributed by atoms with Crippen LogP contribution in [0.3, 0.4) is 0 Å². The number of carboxylic acids is 1. The molecule has 1 aromatic rings. The molecule has 0 heterocycles. The Kier molecular flexibility index (Phi) is 4.22. The first-order valence-corrected chi connectivity index (χ1v) is 6.82. The van der Waals surface area contributed by atoms with Gasteiger partial charge in [-0.3, -0.25) is 0 Å². The average Bonchev–Trinajstić information content (AvgIpc) is 2.93. The topological polar surface area (TPSA) is 66.6 Å². The van der Waals surface area contributed by atoms with Gasteiger partial charge < -0.3 is 15.7 Å². The Balaban J connectivity index is 2.18. The molecular weight excluding hydrogens is 240 g/mol. The van der Waals surface area contributed by atoms with Crippen molar-refractivity contribution >= 4 is 5.97 Å². The molecule has 0 aliphatic heterocycles. The Morgan fingerprint density at radius 2 is 1.95 bits per heavy atom. The predicted molar refractivity (Wildman–Crippen MR) is 74.8 cm³/mol. The number of aliphatic carboxylic acids is 1. The molecule has 1 unspecified atom stereocenters. The van der Waals surface area contributed by atoms with Crippen molar-refractivity contribution in [2.45, 2.75) is 37.3 Å². The van der Waals surface area contributed by atoms with Gasteiger partial charge in [0.2, 0.25) is 0 Å². The number of rotatable bonds is 5. The Labute approximate surface area is 114 Å². The maximum Gasteiger partial charge on any atom is 0.329 e. The highest BCUT2D eigenvalue weighted by Crippen LogP contribution is 2.26. The molecule has 1 saturated carbocycles. The first-order chi connectivity index (χ1) is 9.04. The second-order valence-corrected chi connectivity index (χ2v) is 5.50. The molecule has 1 atom stereocenters. The lowest BCUT2D eigenvalue weighted by Gasteiger charge is -2.33. The molecule has 0 aromatic heterocycles. The predicted octanol–water partition coefficient (Wildman–Crippen LogP) is 1.80. The molecule has 4 heteroatoms. The highest BCUT2D eigenvalue weighted by molar-refractivity contribution is 5.80. The smallest absolute Gasteiger partial charge is 0.329 e. The number of benzene rings is 1. The van der Waals surface area contributed by atoms with Gasteiger partial charge in [-0.2, -0.15) is 0 Å². The van der Waals surface area contributed by atoms with Crippen LogP contribution >= 0.6 is 0 Å². The normalized spacial score (nSPS) is 19.5. The maximum atomic E-state index is 11.6. The summed E-state index contributed by atoms with van der Waals surface area (Å²) in [6, 6.07) is 9.57. The quantitative estimate of drug-likeness (QED) is 0.849. The summed E-state index contributed by atoms with van der Waals surface area (Å²) in [6.07, 6.45) is 4.73. The lowest BCUT2D eigenvalue weighted by atomic mass is 9.90. The van der Waals surface area contributed by atoms with Crippen molar-refractivity contribution in [1.29, 1.82) is 0 Å². The van der Waals surface area contributed by atoms with Crippen LogP contribution in [0.25, 0.3) is 0 Å². The fourth-order valence-electron chi connectivity index (χ4n) is 2.89. The van der Waals surface area contributed by atoms with Crippen LogP contribution in [0.1, 0.15) is 31.2 Å². The van der Waals surface area contributed by atoms with Crippen molar-refractivity contribution in [3.63, 3.8) is 0 Å². The summed E-state index contributed by atoms with van der Waals surface area (Å²) in [6.45, 7) is 0.344. The van der Waals surface area contributed by atoms with Crippen LogP contribution in [-0.4, -0.2) is 35.6 Å². The lowest BCUT2D eigenvalue weighted by Crippen LogP contribution is -2.54. The van der Waals surface area contributed by atoms with Crippen molar-refractivity contribution in [2.75, 3.05) is 13.6 Å². The number of hydrogen-bond donors (Lipinski definition) is 2. The average molecular weight is 262 g/mol. The third-order valence-electron chi connectivity index (χ3n) is 4.12. The lowest BCUT2D eigenvalue weighted by molar-refractivity contribution is -0.144. The standard InChI is InChI=1S/C15H22N2O2/c1-17(13-9-5-6-10-13)11-15(16,14(18)19)12-7-3-2-4-8-12/h2-4,7-8,13H,5-6,9-11,16H2,1H3,(H,18,19). The van der Waals surface area contributed by atoms with E-state index in [0.717, 1.165) is 12.8 Å². The minimum absolute atomic E-state index is 0.344. The van der Waals surface area contributed by atoms with Crippen LogP contribution in [0, 0.1) is 0 Å². The molecular formula is C15H22N2O2. The Bertz CT molecular complexity index is 429. The van der Waals surface area contributed by atoms with Gasteiger partial charge in [0.15, 0.2) is 5.54 Å². The van der Waals surface area contributed by atoms with E-state index in [2.05, 4.69) is 4.90 Å². The molecule has 0 bridgehead atoms. The van der Waals surface area contributed by atoms with Crippen molar-refractivity contribution in [3.05, 3.63) is 35.9 Å². The van der Waals surface area contributed by atoms with Crippen LogP contribution in [0.5, 0.6) is 0 Å². The molecule has 0 saturated heterocycles. The van der Waals surface area contributed by atoms with Gasteiger partial charge in [-0.05, 0) is 25.5 Å². The summed E-state index contributed by atoms with van der Waals surface area (Å²) in [4.78, 5) is 13.7. The van der Waals surface area contributed by atoms with E-state index in [-0.39, 0.29) is 0 Å². The highest BCUT2D eigenvalue weighted by Gasteiger charge is 2.38. The number of carbonyl (C=O) groups is 1. The Morgan fingerprint density at radius 3 is 2.47 bits per heavy atom. The van der Waals surface area contributed by atoms with Crippen molar-refractivity contribution in [2.24, 2.45) is 5.73 Å². The highest BCUT2D eigenvalue weighted by atomic mass is 16.4. The van der Waals surface area contributed by atoms with Crippen LogP contribution < -0.4 is 5.73 Å². The van der Waals surface area contributed by atoms with Crippen LogP contribution in [0.2, 0.25) is 0 Å². The molecule has 0 radical (unpaired) electrons. The van der Waals surface area contributed by atoms with Gasteiger partial charge in [-0.15, -0.1) is 0 Å². The number of hydrogen-bond acceptors (Lipinski definition) is 3. The van der Waals surface area contributed by atoms with Crippen molar-refractivity contribution < 1.29 is 9.90 Å². The molecule has 1 aliphatic carbocycles. The number of nitrogens with two attached hydrogens (primary N) is 1. The van der Waals surface area contributed by atoms with E-state index in [1.54, 1.807) is 12.1 Å². The van der Waals surface area contributed by atoms with Crippen LogP contribution in [-0.2, 0) is 10.3 Å². The maximum absolute atomic E-state index is 11.6. The molecule has 0 spiro atoms. The van der Waals surface area contributed by atoms with Gasteiger partial charge in [-0.25, -0.2) is 4.79 Å².